The van der Waals surface area contributed by atoms with E-state index in [0.29, 0.717) is 0 Å². The molecule has 0 bridgehead atoms. The molecule has 2 N–H and O–H groups in total. The van der Waals surface area contributed by atoms with E-state index in [0.717, 1.165) is 18.9 Å². The van der Waals surface area contributed by atoms with Crippen LogP contribution in [-0.2, 0) is 12.8 Å². The van der Waals surface area contributed by atoms with Gasteiger partial charge in [-0.25, -0.2) is 0 Å². The number of hydrogen-bond acceptors (Lipinski definition) is 2. The fraction of sp³-hybridized carbons (Fsp3) is 0.600. The molecule has 0 atom stereocenters. The van der Waals surface area contributed by atoms with Gasteiger partial charge < -0.3 is 10.6 Å². The van der Waals surface area contributed by atoms with Gasteiger partial charge in [-0.3, -0.25) is 0 Å². The third kappa shape index (κ3) is 3.83. The van der Waals surface area contributed by atoms with E-state index in [9.17, 15) is 0 Å². The number of nitrogens with zero attached hydrogens (tertiary/aromatic N) is 1. The second kappa shape index (κ2) is 6.18. The van der Waals surface area contributed by atoms with Crippen LogP contribution in [0, 0.1) is 5.92 Å². The first-order valence-electron chi connectivity index (χ1n) is 6.74. The maximum absolute atomic E-state index is 5.56. The first-order chi connectivity index (χ1) is 8.28. The quantitative estimate of drug-likeness (QED) is 0.861. The topological polar surface area (TPSA) is 29.3 Å². The fourth-order valence-electron chi connectivity index (χ4n) is 2.61. The zero-order valence-corrected chi connectivity index (χ0v) is 10.9. The lowest BCUT2D eigenvalue weighted by molar-refractivity contribution is 0.219. The van der Waals surface area contributed by atoms with E-state index < -0.39 is 0 Å². The zero-order chi connectivity index (χ0) is 12.1. The summed E-state index contributed by atoms with van der Waals surface area (Å²) in [5, 5.41) is 0. The van der Waals surface area contributed by atoms with Crippen molar-refractivity contribution in [2.75, 3.05) is 26.7 Å². The molecule has 2 rings (SSSR count). The minimum atomic E-state index is 0.744. The lowest BCUT2D eigenvalue weighted by Crippen LogP contribution is -2.30. The van der Waals surface area contributed by atoms with Crippen molar-refractivity contribution >= 4 is 0 Å². The van der Waals surface area contributed by atoms with E-state index in [4.69, 9.17) is 5.73 Å². The molecule has 1 fully saturated rings. The minimum absolute atomic E-state index is 0.744. The summed E-state index contributed by atoms with van der Waals surface area (Å²) in [5.41, 5.74) is 8.40. The Morgan fingerprint density at radius 3 is 2.29 bits per heavy atom. The molecule has 94 valence electrons. The Hall–Kier alpha value is -0.860. The summed E-state index contributed by atoms with van der Waals surface area (Å²) in [6.45, 7) is 3.26. The first-order valence-corrected chi connectivity index (χ1v) is 6.74. The van der Waals surface area contributed by atoms with Crippen LogP contribution in [0.5, 0.6) is 0 Å². The lowest BCUT2D eigenvalue weighted by Gasteiger charge is -2.28. The molecule has 2 heteroatoms. The van der Waals surface area contributed by atoms with Gasteiger partial charge in [0.25, 0.3) is 0 Å². The number of nitrogens with two attached hydrogens (primary N) is 1. The second-order valence-electron chi connectivity index (χ2n) is 5.31. The molecule has 17 heavy (non-hydrogen) atoms. The average Bonchev–Trinajstić information content (AvgIpc) is 2.35. The van der Waals surface area contributed by atoms with E-state index in [2.05, 4.69) is 36.2 Å². The summed E-state index contributed by atoms with van der Waals surface area (Å²) < 4.78 is 0. The van der Waals surface area contributed by atoms with Crippen molar-refractivity contribution in [1.29, 1.82) is 0 Å². The third-order valence-corrected chi connectivity index (χ3v) is 3.82. The van der Waals surface area contributed by atoms with Gasteiger partial charge in [-0.2, -0.15) is 0 Å². The molecular formula is C15H24N2. The van der Waals surface area contributed by atoms with Crippen molar-refractivity contribution in [2.45, 2.75) is 25.7 Å². The highest BCUT2D eigenvalue weighted by molar-refractivity contribution is 5.23. The van der Waals surface area contributed by atoms with Gasteiger partial charge in [-0.1, -0.05) is 24.3 Å². The number of likely N-dealkylation sites (tertiary alicyclic amines) is 1. The monoisotopic (exact) mass is 232 g/mol. The van der Waals surface area contributed by atoms with Crippen LogP contribution in [0.1, 0.15) is 24.0 Å². The molecule has 1 aromatic rings. The maximum atomic E-state index is 5.56. The van der Waals surface area contributed by atoms with Gasteiger partial charge in [-0.05, 0) is 69.4 Å². The van der Waals surface area contributed by atoms with Gasteiger partial charge >= 0.3 is 0 Å². The van der Waals surface area contributed by atoms with Crippen LogP contribution >= 0.6 is 0 Å². The van der Waals surface area contributed by atoms with Gasteiger partial charge in [0.05, 0.1) is 0 Å². The van der Waals surface area contributed by atoms with Crippen molar-refractivity contribution in [3.8, 4) is 0 Å². The number of piperidine rings is 1. The molecular weight excluding hydrogens is 208 g/mol. The van der Waals surface area contributed by atoms with Crippen LogP contribution in [0.3, 0.4) is 0 Å². The standard InChI is InChI=1S/C15H24N2/c1-17-10-7-15(8-11-17)12-14-4-2-13(3-5-14)6-9-16/h2-5,15H,6-12,16H2,1H3. The molecule has 1 aliphatic heterocycles. The minimum Gasteiger partial charge on any atom is -0.330 e. The van der Waals surface area contributed by atoms with Crippen LogP contribution in [0.25, 0.3) is 0 Å². The molecule has 0 aromatic heterocycles. The van der Waals surface area contributed by atoms with Crippen LogP contribution in [0.4, 0.5) is 0 Å². The molecule has 0 saturated carbocycles. The van der Waals surface area contributed by atoms with Crippen molar-refractivity contribution in [3.05, 3.63) is 35.4 Å². The van der Waals surface area contributed by atoms with Gasteiger partial charge in [0.1, 0.15) is 0 Å². The summed E-state index contributed by atoms with van der Waals surface area (Å²) in [7, 11) is 2.22. The Labute approximate surface area is 105 Å². The van der Waals surface area contributed by atoms with Crippen molar-refractivity contribution in [3.63, 3.8) is 0 Å². The molecule has 0 amide bonds. The van der Waals surface area contributed by atoms with E-state index in [1.165, 1.54) is 43.5 Å². The normalized spacial score (nSPS) is 18.5. The number of benzene rings is 1. The van der Waals surface area contributed by atoms with Crippen LogP contribution in [0.15, 0.2) is 24.3 Å². The number of hydrogen-bond donors (Lipinski definition) is 1. The van der Waals surface area contributed by atoms with Crippen LogP contribution in [0.2, 0.25) is 0 Å². The van der Waals surface area contributed by atoms with Crippen LogP contribution in [-0.4, -0.2) is 31.6 Å². The van der Waals surface area contributed by atoms with E-state index in [1.54, 1.807) is 0 Å². The van der Waals surface area contributed by atoms with Gasteiger partial charge in [-0.15, -0.1) is 0 Å². The smallest absolute Gasteiger partial charge is 0.00190 e. The van der Waals surface area contributed by atoms with Crippen molar-refractivity contribution in [2.24, 2.45) is 11.7 Å². The Kier molecular flexibility index (Phi) is 4.57. The fourth-order valence-corrected chi connectivity index (χ4v) is 2.61. The summed E-state index contributed by atoms with van der Waals surface area (Å²) in [4.78, 5) is 2.43. The number of rotatable bonds is 4. The summed E-state index contributed by atoms with van der Waals surface area (Å²) >= 11 is 0. The molecule has 0 spiro atoms. The van der Waals surface area contributed by atoms with Gasteiger partial charge in [0.2, 0.25) is 0 Å². The van der Waals surface area contributed by atoms with Gasteiger partial charge in [0.15, 0.2) is 0 Å². The molecule has 0 radical (unpaired) electrons. The Morgan fingerprint density at radius 1 is 1.12 bits per heavy atom. The van der Waals surface area contributed by atoms with Crippen molar-refractivity contribution < 1.29 is 0 Å². The summed E-state index contributed by atoms with van der Waals surface area (Å²) in [6, 6.07) is 9.03. The third-order valence-electron chi connectivity index (χ3n) is 3.82. The Morgan fingerprint density at radius 2 is 1.71 bits per heavy atom. The highest BCUT2D eigenvalue weighted by Crippen LogP contribution is 2.21. The molecule has 1 heterocycles. The Balaban J connectivity index is 1.86. The molecule has 1 aromatic carbocycles. The van der Waals surface area contributed by atoms with E-state index in [-0.39, 0.29) is 0 Å². The van der Waals surface area contributed by atoms with Crippen molar-refractivity contribution in [1.82, 2.24) is 4.90 Å². The molecule has 2 nitrogen and oxygen atoms in total. The molecule has 0 aliphatic carbocycles. The predicted molar refractivity (Wildman–Crippen MR) is 73.1 cm³/mol. The predicted octanol–water partition coefficient (Wildman–Crippen LogP) is 2.07. The molecule has 1 saturated heterocycles. The van der Waals surface area contributed by atoms with Gasteiger partial charge in [0, 0.05) is 0 Å². The summed E-state index contributed by atoms with van der Waals surface area (Å²) in [6.07, 6.45) is 4.94. The highest BCUT2D eigenvalue weighted by atomic mass is 15.1. The van der Waals surface area contributed by atoms with E-state index >= 15 is 0 Å². The average molecular weight is 232 g/mol. The lowest BCUT2D eigenvalue weighted by atomic mass is 9.90. The largest absolute Gasteiger partial charge is 0.330 e. The SMILES string of the molecule is CN1CCC(Cc2ccc(CCN)cc2)CC1. The Bertz CT molecular complexity index is 323. The summed E-state index contributed by atoms with van der Waals surface area (Å²) in [5.74, 6) is 0.881. The van der Waals surface area contributed by atoms with E-state index in [1.807, 2.05) is 0 Å². The molecule has 0 unspecified atom stereocenters. The second-order valence-corrected chi connectivity index (χ2v) is 5.31. The molecule has 1 aliphatic rings. The first kappa shape index (κ1) is 12.6. The zero-order valence-electron chi connectivity index (χ0n) is 10.9. The maximum Gasteiger partial charge on any atom is -0.00190 e. The van der Waals surface area contributed by atoms with Crippen LogP contribution < -0.4 is 5.73 Å². The highest BCUT2D eigenvalue weighted by Gasteiger charge is 2.16.